The molecular formula is C13H16N2OS. The van der Waals surface area contributed by atoms with Gasteiger partial charge < -0.3 is 5.11 Å². The van der Waals surface area contributed by atoms with Crippen LogP contribution < -0.4 is 0 Å². The minimum absolute atomic E-state index is 0.112. The predicted molar refractivity (Wildman–Crippen MR) is 70.0 cm³/mol. The summed E-state index contributed by atoms with van der Waals surface area (Å²) in [6.07, 6.45) is 4.99. The van der Waals surface area contributed by atoms with Gasteiger partial charge in [0.15, 0.2) is 0 Å². The van der Waals surface area contributed by atoms with Gasteiger partial charge >= 0.3 is 0 Å². The Hall–Kier alpha value is -1.26. The van der Waals surface area contributed by atoms with Gasteiger partial charge in [-0.2, -0.15) is 5.10 Å². The van der Waals surface area contributed by atoms with E-state index in [0.29, 0.717) is 0 Å². The van der Waals surface area contributed by atoms with Crippen molar-refractivity contribution in [3.63, 3.8) is 0 Å². The molecule has 2 aromatic rings. The van der Waals surface area contributed by atoms with Crippen molar-refractivity contribution in [1.82, 2.24) is 9.78 Å². The minimum atomic E-state index is 0.112. The van der Waals surface area contributed by atoms with Crippen molar-refractivity contribution >= 4 is 11.8 Å². The Morgan fingerprint density at radius 2 is 2.00 bits per heavy atom. The number of benzene rings is 1. The normalized spacial score (nSPS) is 10.7. The number of aliphatic hydroxyl groups is 1. The van der Waals surface area contributed by atoms with Gasteiger partial charge in [-0.1, -0.05) is 12.1 Å². The smallest absolute Gasteiger partial charge is 0.0681 e. The zero-order valence-electron chi connectivity index (χ0n) is 9.84. The first-order valence-corrected chi connectivity index (χ1v) is 6.56. The van der Waals surface area contributed by atoms with Crippen LogP contribution in [0.1, 0.15) is 11.1 Å². The lowest BCUT2D eigenvalue weighted by molar-refractivity contribution is 0.282. The van der Waals surface area contributed by atoms with E-state index in [1.807, 2.05) is 41.8 Å². The van der Waals surface area contributed by atoms with Gasteiger partial charge in [-0.15, -0.1) is 11.8 Å². The maximum atomic E-state index is 8.94. The Labute approximate surface area is 105 Å². The van der Waals surface area contributed by atoms with E-state index in [4.69, 9.17) is 5.11 Å². The molecule has 1 aromatic carbocycles. The van der Waals surface area contributed by atoms with E-state index in [9.17, 15) is 0 Å². The monoisotopic (exact) mass is 248 g/mol. The first-order chi connectivity index (χ1) is 8.28. The fourth-order valence-electron chi connectivity index (χ4n) is 1.58. The molecule has 0 saturated heterocycles. The predicted octanol–water partition coefficient (Wildman–Crippen LogP) is 2.25. The third-order valence-electron chi connectivity index (χ3n) is 2.52. The molecule has 0 radical (unpaired) electrons. The molecule has 4 heteroatoms. The summed E-state index contributed by atoms with van der Waals surface area (Å²) in [7, 11) is 1.93. The van der Waals surface area contributed by atoms with Gasteiger partial charge in [0.2, 0.25) is 0 Å². The van der Waals surface area contributed by atoms with Crippen LogP contribution in [0.4, 0.5) is 0 Å². The number of aliphatic hydroxyl groups excluding tert-OH is 1. The molecule has 3 nitrogen and oxygen atoms in total. The number of hydrogen-bond donors (Lipinski definition) is 1. The third kappa shape index (κ3) is 3.61. The molecule has 90 valence electrons. The van der Waals surface area contributed by atoms with Gasteiger partial charge in [0.25, 0.3) is 0 Å². The second kappa shape index (κ2) is 5.89. The highest BCUT2D eigenvalue weighted by Gasteiger charge is 1.98. The molecule has 0 fully saturated rings. The Bertz CT molecular complexity index is 465. The van der Waals surface area contributed by atoms with Crippen LogP contribution in [-0.4, -0.2) is 20.6 Å². The van der Waals surface area contributed by atoms with Crippen molar-refractivity contribution in [3.8, 4) is 0 Å². The summed E-state index contributed by atoms with van der Waals surface area (Å²) in [6.45, 7) is 0.112. The van der Waals surface area contributed by atoms with Crippen LogP contribution in [0.15, 0.2) is 41.6 Å². The first-order valence-electron chi connectivity index (χ1n) is 5.58. The van der Waals surface area contributed by atoms with Crippen molar-refractivity contribution in [2.75, 3.05) is 5.75 Å². The lowest BCUT2D eigenvalue weighted by Crippen LogP contribution is -1.88. The Kier molecular flexibility index (Phi) is 4.23. The quantitative estimate of drug-likeness (QED) is 0.825. The average molecular weight is 248 g/mol. The number of nitrogens with zero attached hydrogens (tertiary/aromatic N) is 2. The van der Waals surface area contributed by atoms with Crippen molar-refractivity contribution in [1.29, 1.82) is 0 Å². The third-order valence-corrected chi connectivity index (χ3v) is 3.54. The van der Waals surface area contributed by atoms with Crippen molar-refractivity contribution < 1.29 is 5.11 Å². The number of thioether (sulfide) groups is 1. The Morgan fingerprint density at radius 3 is 2.59 bits per heavy atom. The van der Waals surface area contributed by atoms with Crippen LogP contribution in [-0.2, 0) is 20.1 Å². The largest absolute Gasteiger partial charge is 0.392 e. The van der Waals surface area contributed by atoms with Crippen LogP contribution >= 0.6 is 11.8 Å². The summed E-state index contributed by atoms with van der Waals surface area (Å²) in [5.41, 5.74) is 2.23. The van der Waals surface area contributed by atoms with E-state index in [0.717, 1.165) is 17.7 Å². The lowest BCUT2D eigenvalue weighted by atomic mass is 10.2. The molecule has 17 heavy (non-hydrogen) atoms. The Balaban J connectivity index is 1.81. The Morgan fingerprint density at radius 1 is 1.24 bits per heavy atom. The molecule has 0 bridgehead atoms. The summed E-state index contributed by atoms with van der Waals surface area (Å²) >= 11 is 1.83. The van der Waals surface area contributed by atoms with E-state index in [2.05, 4.69) is 23.4 Å². The van der Waals surface area contributed by atoms with Crippen molar-refractivity contribution in [3.05, 3.63) is 47.8 Å². The molecule has 2 rings (SSSR count). The highest BCUT2D eigenvalue weighted by atomic mass is 32.2. The topological polar surface area (TPSA) is 38.0 Å². The second-order valence-electron chi connectivity index (χ2n) is 3.92. The van der Waals surface area contributed by atoms with E-state index in [1.165, 1.54) is 10.5 Å². The van der Waals surface area contributed by atoms with E-state index < -0.39 is 0 Å². The van der Waals surface area contributed by atoms with E-state index in [1.54, 1.807) is 0 Å². The molecule has 0 atom stereocenters. The SMILES string of the molecule is Cn1cc(CCSc2ccc(CO)cc2)cn1. The van der Waals surface area contributed by atoms with Gasteiger partial charge in [0.05, 0.1) is 12.8 Å². The average Bonchev–Trinajstić information content (AvgIpc) is 2.76. The maximum Gasteiger partial charge on any atom is 0.0681 e. The summed E-state index contributed by atoms with van der Waals surface area (Å²) < 4.78 is 1.83. The highest BCUT2D eigenvalue weighted by molar-refractivity contribution is 7.99. The van der Waals surface area contributed by atoms with Gasteiger partial charge in [-0.3, -0.25) is 4.68 Å². The molecule has 1 N–H and O–H groups in total. The highest BCUT2D eigenvalue weighted by Crippen LogP contribution is 2.19. The van der Waals surface area contributed by atoms with Gasteiger partial charge in [-0.05, 0) is 29.7 Å². The fourth-order valence-corrected chi connectivity index (χ4v) is 2.48. The maximum absolute atomic E-state index is 8.94. The first kappa shape index (κ1) is 12.2. The van der Waals surface area contributed by atoms with Crippen molar-refractivity contribution in [2.24, 2.45) is 7.05 Å². The van der Waals surface area contributed by atoms with Gasteiger partial charge in [-0.25, -0.2) is 0 Å². The number of hydrogen-bond acceptors (Lipinski definition) is 3. The molecule has 0 saturated carbocycles. The molecule has 0 aliphatic rings. The molecule has 0 unspecified atom stereocenters. The summed E-state index contributed by atoms with van der Waals surface area (Å²) in [5.74, 6) is 1.05. The standard InChI is InChI=1S/C13H16N2OS/c1-15-9-12(8-14-15)6-7-17-13-4-2-11(10-16)3-5-13/h2-5,8-9,16H,6-7,10H2,1H3. The van der Waals surface area contributed by atoms with Gasteiger partial charge in [0.1, 0.15) is 0 Å². The molecule has 1 aromatic heterocycles. The number of rotatable bonds is 5. The zero-order valence-corrected chi connectivity index (χ0v) is 10.7. The lowest BCUT2D eigenvalue weighted by Gasteiger charge is -2.01. The molecule has 0 amide bonds. The van der Waals surface area contributed by atoms with E-state index >= 15 is 0 Å². The number of aryl methyl sites for hydroxylation is 2. The van der Waals surface area contributed by atoms with Crippen LogP contribution in [0.5, 0.6) is 0 Å². The number of aromatic nitrogens is 2. The molecule has 1 heterocycles. The summed E-state index contributed by atoms with van der Waals surface area (Å²) in [6, 6.07) is 8.04. The molecule has 0 aliphatic carbocycles. The van der Waals surface area contributed by atoms with E-state index in [-0.39, 0.29) is 6.61 Å². The summed E-state index contributed by atoms with van der Waals surface area (Å²) in [4.78, 5) is 1.24. The molecule has 0 aliphatic heterocycles. The van der Waals surface area contributed by atoms with Gasteiger partial charge in [0, 0.05) is 23.9 Å². The molecular weight excluding hydrogens is 232 g/mol. The zero-order chi connectivity index (χ0) is 12.1. The van der Waals surface area contributed by atoms with Crippen LogP contribution in [0.25, 0.3) is 0 Å². The van der Waals surface area contributed by atoms with Crippen LogP contribution in [0, 0.1) is 0 Å². The minimum Gasteiger partial charge on any atom is -0.392 e. The summed E-state index contributed by atoms with van der Waals surface area (Å²) in [5, 5.41) is 13.1. The van der Waals surface area contributed by atoms with Crippen LogP contribution in [0.2, 0.25) is 0 Å². The second-order valence-corrected chi connectivity index (χ2v) is 5.09. The fraction of sp³-hybridized carbons (Fsp3) is 0.308. The van der Waals surface area contributed by atoms with Crippen molar-refractivity contribution in [2.45, 2.75) is 17.9 Å². The van der Waals surface area contributed by atoms with Crippen LogP contribution in [0.3, 0.4) is 0 Å². The molecule has 0 spiro atoms.